The number of para-hydroxylation sites is 2. The SMILES string of the molecule is CCC(C)N(C(=O)Cn1c(/C=C/c2ccccc2)nc2ccccc21)C(C)CC. The third-order valence-corrected chi connectivity index (χ3v) is 5.62. The number of aromatic nitrogens is 2. The quantitative estimate of drug-likeness (QED) is 0.500. The Hall–Kier alpha value is -2.88. The number of imidazole rings is 1. The molecule has 2 unspecified atom stereocenters. The molecule has 0 fully saturated rings. The minimum atomic E-state index is 0.145. The number of rotatable bonds is 8. The van der Waals surface area contributed by atoms with Crippen LogP contribution < -0.4 is 0 Å². The molecular formula is C25H31N3O. The third kappa shape index (κ3) is 4.76. The van der Waals surface area contributed by atoms with Crippen molar-refractivity contribution in [3.05, 3.63) is 66.0 Å². The molecular weight excluding hydrogens is 358 g/mol. The largest absolute Gasteiger partial charge is 0.336 e. The van der Waals surface area contributed by atoms with Crippen LogP contribution in [-0.2, 0) is 11.3 Å². The zero-order chi connectivity index (χ0) is 20.8. The predicted molar refractivity (Wildman–Crippen MR) is 121 cm³/mol. The summed E-state index contributed by atoms with van der Waals surface area (Å²) in [6.07, 6.45) is 5.94. The summed E-state index contributed by atoms with van der Waals surface area (Å²) in [6.45, 7) is 8.82. The highest BCUT2D eigenvalue weighted by Crippen LogP contribution is 2.20. The summed E-state index contributed by atoms with van der Waals surface area (Å²) in [7, 11) is 0. The first-order chi connectivity index (χ1) is 14.0. The van der Waals surface area contributed by atoms with Gasteiger partial charge in [0.1, 0.15) is 12.4 Å². The van der Waals surface area contributed by atoms with E-state index in [1.165, 1.54) is 0 Å². The maximum absolute atomic E-state index is 13.3. The number of carbonyl (C=O) groups excluding carboxylic acids is 1. The number of nitrogens with zero attached hydrogens (tertiary/aromatic N) is 3. The molecule has 3 aromatic rings. The van der Waals surface area contributed by atoms with Crippen molar-refractivity contribution >= 4 is 29.1 Å². The normalized spacial score (nSPS) is 13.7. The van der Waals surface area contributed by atoms with Crippen LogP contribution in [0, 0.1) is 0 Å². The molecule has 2 atom stereocenters. The van der Waals surface area contributed by atoms with Crippen molar-refractivity contribution in [3.63, 3.8) is 0 Å². The smallest absolute Gasteiger partial charge is 0.243 e. The Kier molecular flexibility index (Phi) is 6.86. The van der Waals surface area contributed by atoms with Gasteiger partial charge in [-0.1, -0.05) is 62.4 Å². The average Bonchev–Trinajstić information content (AvgIpc) is 3.10. The van der Waals surface area contributed by atoms with Gasteiger partial charge < -0.3 is 9.47 Å². The number of hydrogen-bond donors (Lipinski definition) is 0. The summed E-state index contributed by atoms with van der Waals surface area (Å²) in [5.74, 6) is 0.947. The van der Waals surface area contributed by atoms with Crippen LogP contribution in [0.5, 0.6) is 0 Å². The Balaban J connectivity index is 1.97. The molecule has 0 aliphatic carbocycles. The van der Waals surface area contributed by atoms with E-state index in [-0.39, 0.29) is 18.0 Å². The minimum absolute atomic E-state index is 0.145. The molecule has 1 heterocycles. The van der Waals surface area contributed by atoms with Gasteiger partial charge in [0.2, 0.25) is 5.91 Å². The van der Waals surface area contributed by atoms with E-state index in [1.807, 2.05) is 64.1 Å². The van der Waals surface area contributed by atoms with Crippen molar-refractivity contribution in [3.8, 4) is 0 Å². The molecule has 0 aliphatic heterocycles. The van der Waals surface area contributed by atoms with Gasteiger partial charge in [0.05, 0.1) is 11.0 Å². The van der Waals surface area contributed by atoms with Gasteiger partial charge in [0, 0.05) is 12.1 Å². The van der Waals surface area contributed by atoms with Crippen molar-refractivity contribution in [2.24, 2.45) is 0 Å². The van der Waals surface area contributed by atoms with Crippen LogP contribution in [0.15, 0.2) is 54.6 Å². The molecule has 1 amide bonds. The summed E-state index contributed by atoms with van der Waals surface area (Å²) in [4.78, 5) is 20.2. The number of amides is 1. The average molecular weight is 390 g/mol. The molecule has 3 rings (SSSR count). The van der Waals surface area contributed by atoms with Crippen LogP contribution in [0.3, 0.4) is 0 Å². The molecule has 152 valence electrons. The first kappa shape index (κ1) is 20.8. The van der Waals surface area contributed by atoms with E-state index < -0.39 is 0 Å². The third-order valence-electron chi connectivity index (χ3n) is 5.62. The first-order valence-electron chi connectivity index (χ1n) is 10.5. The predicted octanol–water partition coefficient (Wildman–Crippen LogP) is 5.63. The van der Waals surface area contributed by atoms with Crippen molar-refractivity contribution in [1.29, 1.82) is 0 Å². The van der Waals surface area contributed by atoms with Gasteiger partial charge >= 0.3 is 0 Å². The molecule has 0 saturated heterocycles. The molecule has 4 heteroatoms. The van der Waals surface area contributed by atoms with Crippen LogP contribution in [0.4, 0.5) is 0 Å². The second kappa shape index (κ2) is 9.55. The summed E-state index contributed by atoms with van der Waals surface area (Å²) in [5.41, 5.74) is 3.01. The highest BCUT2D eigenvalue weighted by molar-refractivity contribution is 5.84. The number of carbonyl (C=O) groups is 1. The lowest BCUT2D eigenvalue weighted by Gasteiger charge is -2.34. The summed E-state index contributed by atoms with van der Waals surface area (Å²) in [6, 6.07) is 18.6. The van der Waals surface area contributed by atoms with Crippen LogP contribution in [0.2, 0.25) is 0 Å². The molecule has 0 N–H and O–H groups in total. The Labute approximate surface area is 173 Å². The Morgan fingerprint density at radius 2 is 1.59 bits per heavy atom. The van der Waals surface area contributed by atoms with E-state index in [1.54, 1.807) is 0 Å². The number of hydrogen-bond acceptors (Lipinski definition) is 2. The Morgan fingerprint density at radius 1 is 0.966 bits per heavy atom. The van der Waals surface area contributed by atoms with Gasteiger partial charge in [0.25, 0.3) is 0 Å². The molecule has 29 heavy (non-hydrogen) atoms. The van der Waals surface area contributed by atoms with Crippen molar-refractivity contribution in [2.45, 2.75) is 59.2 Å². The standard InChI is InChI=1S/C25H31N3O/c1-5-19(3)28(20(4)6-2)25(29)18-27-23-15-11-10-14-22(23)26-24(27)17-16-21-12-8-7-9-13-21/h7-17,19-20H,5-6,18H2,1-4H3/b17-16+. The maximum Gasteiger partial charge on any atom is 0.243 e. The van der Waals surface area contributed by atoms with Gasteiger partial charge in [-0.15, -0.1) is 0 Å². The van der Waals surface area contributed by atoms with Crippen molar-refractivity contribution < 1.29 is 4.79 Å². The summed E-state index contributed by atoms with van der Waals surface area (Å²) in [5, 5.41) is 0. The maximum atomic E-state index is 13.3. The van der Waals surface area contributed by atoms with E-state index in [0.29, 0.717) is 6.54 Å². The lowest BCUT2D eigenvalue weighted by molar-refractivity contribution is -0.136. The highest BCUT2D eigenvalue weighted by Gasteiger charge is 2.24. The molecule has 0 saturated carbocycles. The molecule has 2 aromatic carbocycles. The topological polar surface area (TPSA) is 38.1 Å². The monoisotopic (exact) mass is 389 g/mol. The molecule has 4 nitrogen and oxygen atoms in total. The van der Waals surface area contributed by atoms with E-state index in [9.17, 15) is 4.79 Å². The summed E-state index contributed by atoms with van der Waals surface area (Å²) >= 11 is 0. The van der Waals surface area contributed by atoms with Gasteiger partial charge in [-0.05, 0) is 50.5 Å². The zero-order valence-electron chi connectivity index (χ0n) is 17.9. The number of fused-ring (bicyclic) bond motifs is 1. The van der Waals surface area contributed by atoms with Gasteiger partial charge in [-0.2, -0.15) is 0 Å². The van der Waals surface area contributed by atoms with Gasteiger partial charge in [-0.25, -0.2) is 4.98 Å². The Morgan fingerprint density at radius 3 is 2.24 bits per heavy atom. The second-order valence-corrected chi connectivity index (χ2v) is 7.60. The fraction of sp³-hybridized carbons (Fsp3) is 0.360. The lowest BCUT2D eigenvalue weighted by Crippen LogP contribution is -2.45. The van der Waals surface area contributed by atoms with Gasteiger partial charge in [-0.3, -0.25) is 4.79 Å². The van der Waals surface area contributed by atoms with E-state index in [4.69, 9.17) is 4.98 Å². The fourth-order valence-electron chi connectivity index (χ4n) is 3.66. The van der Waals surface area contributed by atoms with E-state index in [2.05, 4.69) is 39.8 Å². The zero-order valence-corrected chi connectivity index (χ0v) is 17.9. The first-order valence-corrected chi connectivity index (χ1v) is 10.5. The molecule has 0 spiro atoms. The van der Waals surface area contributed by atoms with Crippen molar-refractivity contribution in [2.75, 3.05) is 0 Å². The number of benzene rings is 2. The Bertz CT molecular complexity index is 964. The minimum Gasteiger partial charge on any atom is -0.336 e. The van der Waals surface area contributed by atoms with E-state index >= 15 is 0 Å². The van der Waals surface area contributed by atoms with Crippen LogP contribution in [-0.4, -0.2) is 32.4 Å². The molecule has 0 bridgehead atoms. The second-order valence-electron chi connectivity index (χ2n) is 7.60. The fourth-order valence-corrected chi connectivity index (χ4v) is 3.66. The summed E-state index contributed by atoms with van der Waals surface area (Å²) < 4.78 is 2.04. The van der Waals surface area contributed by atoms with Crippen LogP contribution >= 0.6 is 0 Å². The van der Waals surface area contributed by atoms with Gasteiger partial charge in [0.15, 0.2) is 0 Å². The molecule has 0 radical (unpaired) electrons. The molecule has 1 aromatic heterocycles. The highest BCUT2D eigenvalue weighted by atomic mass is 16.2. The lowest BCUT2D eigenvalue weighted by atomic mass is 10.1. The van der Waals surface area contributed by atoms with Crippen LogP contribution in [0.25, 0.3) is 23.2 Å². The van der Waals surface area contributed by atoms with E-state index in [0.717, 1.165) is 35.3 Å². The van der Waals surface area contributed by atoms with Crippen LogP contribution in [0.1, 0.15) is 51.9 Å². The van der Waals surface area contributed by atoms with Crippen molar-refractivity contribution in [1.82, 2.24) is 14.5 Å². The molecule has 0 aliphatic rings.